The van der Waals surface area contributed by atoms with Gasteiger partial charge >= 0.3 is 0 Å². The van der Waals surface area contributed by atoms with Crippen molar-refractivity contribution >= 4 is 11.6 Å². The Morgan fingerprint density at radius 2 is 2.08 bits per heavy atom. The maximum Gasteiger partial charge on any atom is 0.227 e. The average Bonchev–Trinajstić information content (AvgIpc) is 2.19. The van der Waals surface area contributed by atoms with Gasteiger partial charge in [0, 0.05) is 12.7 Å². The zero-order valence-electron chi connectivity index (χ0n) is 7.53. The van der Waals surface area contributed by atoms with Crippen LogP contribution < -0.4 is 5.32 Å². The Kier molecular flexibility index (Phi) is 1.93. The maximum atomic E-state index is 10.9. The van der Waals surface area contributed by atoms with Gasteiger partial charge in [0.05, 0.1) is 6.42 Å². The van der Waals surface area contributed by atoms with E-state index < -0.39 is 0 Å². The summed E-state index contributed by atoms with van der Waals surface area (Å²) in [6.45, 7) is 0. The molecule has 0 saturated carbocycles. The van der Waals surface area contributed by atoms with Crippen LogP contribution in [0.5, 0.6) is 0 Å². The highest BCUT2D eigenvalue weighted by molar-refractivity contribution is 5.83. The van der Waals surface area contributed by atoms with Gasteiger partial charge in [0.15, 0.2) is 0 Å². The molecule has 3 nitrogen and oxygen atoms in total. The lowest BCUT2D eigenvalue weighted by atomic mass is 10.1. The van der Waals surface area contributed by atoms with Crippen molar-refractivity contribution in [1.29, 1.82) is 0 Å². The molecule has 0 radical (unpaired) electrons. The van der Waals surface area contributed by atoms with E-state index in [0.29, 0.717) is 6.42 Å². The molecule has 3 heteroatoms. The number of β-lactam (4-membered cyclic amide) rings is 1. The normalized spacial score (nSPS) is 21.2. The van der Waals surface area contributed by atoms with Crippen LogP contribution in [-0.2, 0) is 4.79 Å². The monoisotopic (exact) mass is 176 g/mol. The molecule has 1 aliphatic heterocycles. The predicted molar refractivity (Wildman–Crippen MR) is 51.2 cm³/mol. The molecule has 0 bridgehead atoms. The molecule has 1 fully saturated rings. The molecule has 1 saturated heterocycles. The largest absolute Gasteiger partial charge is 0.365 e. The van der Waals surface area contributed by atoms with Crippen molar-refractivity contribution < 1.29 is 4.79 Å². The van der Waals surface area contributed by atoms with Crippen LogP contribution in [0.15, 0.2) is 30.3 Å². The molecule has 13 heavy (non-hydrogen) atoms. The van der Waals surface area contributed by atoms with E-state index in [4.69, 9.17) is 0 Å². The SMILES string of the molecule is CN1C(=O)CC1Nc1ccccc1. The predicted octanol–water partition coefficient (Wildman–Crippen LogP) is 1.29. The number of benzene rings is 1. The third-order valence-corrected chi connectivity index (χ3v) is 2.34. The fraction of sp³-hybridized carbons (Fsp3) is 0.300. The lowest BCUT2D eigenvalue weighted by molar-refractivity contribution is -0.142. The summed E-state index contributed by atoms with van der Waals surface area (Å²) in [6, 6.07) is 9.92. The first-order valence-corrected chi connectivity index (χ1v) is 4.34. The van der Waals surface area contributed by atoms with Gasteiger partial charge in [-0.3, -0.25) is 4.79 Å². The van der Waals surface area contributed by atoms with Crippen molar-refractivity contribution in [3.63, 3.8) is 0 Å². The van der Waals surface area contributed by atoms with Crippen LogP contribution in [0.25, 0.3) is 0 Å². The van der Waals surface area contributed by atoms with Crippen molar-refractivity contribution in [2.24, 2.45) is 0 Å². The average molecular weight is 176 g/mol. The molecule has 1 N–H and O–H groups in total. The summed E-state index contributed by atoms with van der Waals surface area (Å²) >= 11 is 0. The second-order valence-corrected chi connectivity index (χ2v) is 3.23. The first-order valence-electron chi connectivity index (χ1n) is 4.34. The summed E-state index contributed by atoms with van der Waals surface area (Å²) in [6.07, 6.45) is 0.778. The second kappa shape index (κ2) is 3.09. The van der Waals surface area contributed by atoms with Crippen LogP contribution in [0, 0.1) is 0 Å². The van der Waals surface area contributed by atoms with Gasteiger partial charge in [-0.2, -0.15) is 0 Å². The van der Waals surface area contributed by atoms with Gasteiger partial charge in [0.1, 0.15) is 6.17 Å². The molecule has 68 valence electrons. The van der Waals surface area contributed by atoms with E-state index in [1.165, 1.54) is 0 Å². The molecule has 1 aromatic rings. The molecular weight excluding hydrogens is 164 g/mol. The Morgan fingerprint density at radius 3 is 2.62 bits per heavy atom. The molecular formula is C10H12N2O. The number of carbonyl (C=O) groups excluding carboxylic acids is 1. The molecule has 1 heterocycles. The highest BCUT2D eigenvalue weighted by Gasteiger charge is 2.32. The number of rotatable bonds is 2. The molecule has 1 amide bonds. The Labute approximate surface area is 77.4 Å². The fourth-order valence-corrected chi connectivity index (χ4v) is 1.38. The van der Waals surface area contributed by atoms with E-state index in [-0.39, 0.29) is 12.1 Å². The number of hydrogen-bond donors (Lipinski definition) is 1. The quantitative estimate of drug-likeness (QED) is 0.688. The van der Waals surface area contributed by atoms with Gasteiger partial charge in [-0.15, -0.1) is 0 Å². The van der Waals surface area contributed by atoms with Gasteiger partial charge in [-0.05, 0) is 12.1 Å². The van der Waals surface area contributed by atoms with Gasteiger partial charge in [-0.25, -0.2) is 0 Å². The number of likely N-dealkylation sites (tertiary alicyclic amines) is 1. The Morgan fingerprint density at radius 1 is 1.38 bits per heavy atom. The Bertz CT molecular complexity index is 310. The number of nitrogens with zero attached hydrogens (tertiary/aromatic N) is 1. The minimum atomic E-state index is 0.176. The summed E-state index contributed by atoms with van der Waals surface area (Å²) in [5.41, 5.74) is 1.06. The number of nitrogens with one attached hydrogen (secondary N) is 1. The zero-order valence-corrected chi connectivity index (χ0v) is 7.53. The number of amides is 1. The van der Waals surface area contributed by atoms with E-state index in [2.05, 4.69) is 5.32 Å². The minimum absolute atomic E-state index is 0.176. The molecule has 1 unspecified atom stereocenters. The second-order valence-electron chi connectivity index (χ2n) is 3.23. The van der Waals surface area contributed by atoms with Crippen molar-refractivity contribution in [2.75, 3.05) is 12.4 Å². The number of anilines is 1. The maximum absolute atomic E-state index is 10.9. The molecule has 1 aromatic carbocycles. The smallest absolute Gasteiger partial charge is 0.227 e. The van der Waals surface area contributed by atoms with Gasteiger partial charge in [0.25, 0.3) is 0 Å². The van der Waals surface area contributed by atoms with Crippen molar-refractivity contribution in [1.82, 2.24) is 4.90 Å². The van der Waals surface area contributed by atoms with Crippen LogP contribution in [-0.4, -0.2) is 24.0 Å². The summed E-state index contributed by atoms with van der Waals surface area (Å²) in [5, 5.41) is 3.26. The molecule has 0 aliphatic carbocycles. The van der Waals surface area contributed by atoms with Crippen LogP contribution in [0.1, 0.15) is 6.42 Å². The molecule has 0 aromatic heterocycles. The van der Waals surface area contributed by atoms with E-state index in [9.17, 15) is 4.79 Å². The van der Waals surface area contributed by atoms with E-state index in [1.807, 2.05) is 37.4 Å². The molecule has 0 spiro atoms. The van der Waals surface area contributed by atoms with Crippen LogP contribution in [0.4, 0.5) is 5.69 Å². The lowest BCUT2D eigenvalue weighted by Crippen LogP contribution is -2.54. The van der Waals surface area contributed by atoms with E-state index in [1.54, 1.807) is 4.90 Å². The van der Waals surface area contributed by atoms with Gasteiger partial charge in [-0.1, -0.05) is 18.2 Å². The first-order chi connectivity index (χ1) is 6.27. The lowest BCUT2D eigenvalue weighted by Gasteiger charge is -2.38. The van der Waals surface area contributed by atoms with Crippen molar-refractivity contribution in [3.05, 3.63) is 30.3 Å². The standard InChI is InChI=1S/C10H12N2O/c1-12-9(7-10(12)13)11-8-5-3-2-4-6-8/h2-6,9,11H,7H2,1H3. The highest BCUT2D eigenvalue weighted by Crippen LogP contribution is 2.18. The highest BCUT2D eigenvalue weighted by atomic mass is 16.2. The van der Waals surface area contributed by atoms with Crippen LogP contribution in [0.3, 0.4) is 0 Å². The molecule has 1 aliphatic rings. The van der Waals surface area contributed by atoms with Gasteiger partial charge < -0.3 is 10.2 Å². The first kappa shape index (κ1) is 8.10. The van der Waals surface area contributed by atoms with E-state index >= 15 is 0 Å². The molecule has 2 rings (SSSR count). The number of para-hydroxylation sites is 1. The summed E-state index contributed by atoms with van der Waals surface area (Å²) < 4.78 is 0. The number of hydrogen-bond acceptors (Lipinski definition) is 2. The number of carbonyl (C=O) groups is 1. The summed E-state index contributed by atoms with van der Waals surface area (Å²) in [4.78, 5) is 12.6. The summed E-state index contributed by atoms with van der Waals surface area (Å²) in [7, 11) is 1.81. The van der Waals surface area contributed by atoms with Gasteiger partial charge in [0.2, 0.25) is 5.91 Å². The third-order valence-electron chi connectivity index (χ3n) is 2.34. The van der Waals surface area contributed by atoms with Crippen molar-refractivity contribution in [3.8, 4) is 0 Å². The van der Waals surface area contributed by atoms with E-state index in [0.717, 1.165) is 5.69 Å². The zero-order chi connectivity index (χ0) is 9.26. The van der Waals surface area contributed by atoms with Crippen LogP contribution in [0.2, 0.25) is 0 Å². The Hall–Kier alpha value is -1.51. The van der Waals surface area contributed by atoms with Crippen LogP contribution >= 0.6 is 0 Å². The topological polar surface area (TPSA) is 32.3 Å². The summed E-state index contributed by atoms with van der Waals surface area (Å²) in [5.74, 6) is 0.202. The third kappa shape index (κ3) is 1.49. The Balaban J connectivity index is 1.97. The molecule has 1 atom stereocenters. The minimum Gasteiger partial charge on any atom is -0.365 e. The fourth-order valence-electron chi connectivity index (χ4n) is 1.38. The van der Waals surface area contributed by atoms with Crippen molar-refractivity contribution in [2.45, 2.75) is 12.6 Å².